The number of halogens is 1. The topological polar surface area (TPSA) is 53.4 Å². The number of phenolic OH excluding ortho intramolecular Hbond substituents is 1. The minimum atomic E-state index is -0.190. The number of benzene rings is 1. The SMILES string of the molecule is CN(Cc1ccccc1O)C(=O)c1cccc(Br)n1. The molecule has 2 rings (SSSR count). The minimum absolute atomic E-state index is 0.185. The van der Waals surface area contributed by atoms with Gasteiger partial charge in [-0.25, -0.2) is 4.98 Å². The zero-order valence-electron chi connectivity index (χ0n) is 10.4. The third-order valence-corrected chi connectivity index (χ3v) is 3.12. The van der Waals surface area contributed by atoms with Crippen molar-refractivity contribution in [1.82, 2.24) is 9.88 Å². The van der Waals surface area contributed by atoms with Crippen molar-refractivity contribution >= 4 is 21.8 Å². The highest BCUT2D eigenvalue weighted by Crippen LogP contribution is 2.18. The van der Waals surface area contributed by atoms with Crippen molar-refractivity contribution in [2.75, 3.05) is 7.05 Å². The van der Waals surface area contributed by atoms with Gasteiger partial charge in [-0.2, -0.15) is 0 Å². The van der Waals surface area contributed by atoms with Gasteiger partial charge in [0, 0.05) is 19.2 Å². The molecule has 0 bridgehead atoms. The van der Waals surface area contributed by atoms with Gasteiger partial charge in [0.15, 0.2) is 0 Å². The van der Waals surface area contributed by atoms with E-state index in [1.54, 1.807) is 43.4 Å². The van der Waals surface area contributed by atoms with E-state index in [2.05, 4.69) is 20.9 Å². The quantitative estimate of drug-likeness (QED) is 0.885. The number of hydrogen-bond acceptors (Lipinski definition) is 3. The van der Waals surface area contributed by atoms with E-state index in [4.69, 9.17) is 0 Å². The number of aromatic hydroxyl groups is 1. The summed E-state index contributed by atoms with van der Waals surface area (Å²) in [4.78, 5) is 17.8. The molecule has 98 valence electrons. The predicted octanol–water partition coefficient (Wildman–Crippen LogP) is 2.82. The van der Waals surface area contributed by atoms with Gasteiger partial charge in [0.2, 0.25) is 0 Å². The van der Waals surface area contributed by atoms with Gasteiger partial charge in [-0.1, -0.05) is 24.3 Å². The van der Waals surface area contributed by atoms with E-state index >= 15 is 0 Å². The molecule has 0 fully saturated rings. The lowest BCUT2D eigenvalue weighted by Gasteiger charge is -2.17. The Morgan fingerprint density at radius 1 is 1.26 bits per heavy atom. The van der Waals surface area contributed by atoms with Crippen LogP contribution in [0.2, 0.25) is 0 Å². The summed E-state index contributed by atoms with van der Waals surface area (Å²) in [7, 11) is 1.68. The maximum atomic E-state index is 12.2. The molecule has 2 aromatic rings. The van der Waals surface area contributed by atoms with Crippen LogP contribution >= 0.6 is 15.9 Å². The number of rotatable bonds is 3. The summed E-state index contributed by atoms with van der Waals surface area (Å²) in [5.41, 5.74) is 1.07. The zero-order chi connectivity index (χ0) is 13.8. The molecule has 19 heavy (non-hydrogen) atoms. The normalized spacial score (nSPS) is 10.2. The average molecular weight is 321 g/mol. The zero-order valence-corrected chi connectivity index (χ0v) is 12.0. The molecule has 1 N–H and O–H groups in total. The Bertz CT molecular complexity index is 602. The molecule has 0 saturated carbocycles. The molecule has 0 radical (unpaired) electrons. The second kappa shape index (κ2) is 5.84. The average Bonchev–Trinajstić information content (AvgIpc) is 2.40. The Balaban J connectivity index is 2.14. The molecule has 0 aliphatic heterocycles. The third kappa shape index (κ3) is 3.32. The van der Waals surface area contributed by atoms with Gasteiger partial charge in [-0.05, 0) is 34.1 Å². The highest BCUT2D eigenvalue weighted by Gasteiger charge is 2.14. The highest BCUT2D eigenvalue weighted by molar-refractivity contribution is 9.10. The van der Waals surface area contributed by atoms with Crippen LogP contribution in [0, 0.1) is 0 Å². The molecule has 1 heterocycles. The van der Waals surface area contributed by atoms with Gasteiger partial charge < -0.3 is 10.0 Å². The number of phenols is 1. The molecule has 4 nitrogen and oxygen atoms in total. The largest absolute Gasteiger partial charge is 0.508 e. The Morgan fingerprint density at radius 3 is 2.68 bits per heavy atom. The first-order valence-electron chi connectivity index (χ1n) is 5.73. The van der Waals surface area contributed by atoms with E-state index in [9.17, 15) is 9.90 Å². The number of amides is 1. The Labute approximate surface area is 119 Å². The Morgan fingerprint density at radius 2 is 2.00 bits per heavy atom. The monoisotopic (exact) mass is 320 g/mol. The van der Waals surface area contributed by atoms with Crippen LogP contribution in [0.3, 0.4) is 0 Å². The van der Waals surface area contributed by atoms with Gasteiger partial charge in [0.25, 0.3) is 5.91 Å². The maximum Gasteiger partial charge on any atom is 0.272 e. The molecule has 0 atom stereocenters. The Kier molecular flexibility index (Phi) is 4.16. The standard InChI is InChI=1S/C14H13BrN2O2/c1-17(9-10-5-2-3-7-12(10)18)14(19)11-6-4-8-13(15)16-11/h2-8,18H,9H2,1H3. The first-order valence-corrected chi connectivity index (χ1v) is 6.52. The molecule has 0 aliphatic rings. The van der Waals surface area contributed by atoms with Crippen molar-refractivity contribution in [2.45, 2.75) is 6.54 Å². The van der Waals surface area contributed by atoms with Crippen molar-refractivity contribution < 1.29 is 9.90 Å². The number of carbonyl (C=O) groups is 1. The van der Waals surface area contributed by atoms with Crippen molar-refractivity contribution in [3.05, 3.63) is 58.3 Å². The summed E-state index contributed by atoms with van der Waals surface area (Å²) in [6.07, 6.45) is 0. The van der Waals surface area contributed by atoms with E-state index in [-0.39, 0.29) is 11.7 Å². The summed E-state index contributed by atoms with van der Waals surface area (Å²) in [6.45, 7) is 0.333. The van der Waals surface area contributed by atoms with Gasteiger partial charge in [0.05, 0.1) is 0 Å². The number of carbonyl (C=O) groups excluding carboxylic acids is 1. The summed E-state index contributed by atoms with van der Waals surface area (Å²) < 4.78 is 0.620. The molecule has 1 amide bonds. The van der Waals surface area contributed by atoms with Gasteiger partial charge in [-0.3, -0.25) is 4.79 Å². The van der Waals surface area contributed by atoms with Crippen LogP contribution in [0.15, 0.2) is 47.1 Å². The van der Waals surface area contributed by atoms with Crippen LogP contribution in [0.5, 0.6) is 5.75 Å². The smallest absolute Gasteiger partial charge is 0.272 e. The van der Waals surface area contributed by atoms with Crippen molar-refractivity contribution in [2.24, 2.45) is 0 Å². The fraction of sp³-hybridized carbons (Fsp3) is 0.143. The lowest BCUT2D eigenvalue weighted by atomic mass is 10.2. The lowest BCUT2D eigenvalue weighted by molar-refractivity contribution is 0.0778. The minimum Gasteiger partial charge on any atom is -0.508 e. The van der Waals surface area contributed by atoms with E-state index in [0.29, 0.717) is 22.4 Å². The van der Waals surface area contributed by atoms with E-state index in [1.807, 2.05) is 6.07 Å². The first kappa shape index (κ1) is 13.5. The van der Waals surface area contributed by atoms with Crippen molar-refractivity contribution in [1.29, 1.82) is 0 Å². The lowest BCUT2D eigenvalue weighted by Crippen LogP contribution is -2.27. The number of pyridine rings is 1. The fourth-order valence-corrected chi connectivity index (χ4v) is 2.04. The van der Waals surface area contributed by atoms with E-state index in [0.717, 1.165) is 0 Å². The van der Waals surface area contributed by atoms with Gasteiger partial charge in [-0.15, -0.1) is 0 Å². The summed E-state index contributed by atoms with van der Waals surface area (Å²) in [6, 6.07) is 12.1. The predicted molar refractivity (Wildman–Crippen MR) is 75.8 cm³/mol. The number of nitrogens with zero attached hydrogens (tertiary/aromatic N) is 2. The summed E-state index contributed by atoms with van der Waals surface area (Å²) >= 11 is 3.24. The summed E-state index contributed by atoms with van der Waals surface area (Å²) in [5, 5.41) is 9.69. The second-order valence-corrected chi connectivity index (χ2v) is 4.95. The maximum absolute atomic E-state index is 12.2. The third-order valence-electron chi connectivity index (χ3n) is 2.68. The molecule has 1 aromatic carbocycles. The first-order chi connectivity index (χ1) is 9.08. The van der Waals surface area contributed by atoms with Crippen molar-refractivity contribution in [3.8, 4) is 5.75 Å². The molecule has 1 aromatic heterocycles. The molecule has 5 heteroatoms. The fourth-order valence-electron chi connectivity index (χ4n) is 1.69. The van der Waals surface area contributed by atoms with Crippen LogP contribution in [-0.4, -0.2) is 27.9 Å². The van der Waals surface area contributed by atoms with Crippen LogP contribution in [0.1, 0.15) is 16.1 Å². The molecule has 0 aliphatic carbocycles. The summed E-state index contributed by atoms with van der Waals surface area (Å²) in [5.74, 6) is -0.00564. The molecule has 0 unspecified atom stereocenters. The number of para-hydroxylation sites is 1. The van der Waals surface area contributed by atoms with E-state index in [1.165, 1.54) is 4.90 Å². The van der Waals surface area contributed by atoms with Gasteiger partial charge >= 0.3 is 0 Å². The van der Waals surface area contributed by atoms with Gasteiger partial charge in [0.1, 0.15) is 16.0 Å². The molecule has 0 saturated heterocycles. The number of aromatic nitrogens is 1. The second-order valence-electron chi connectivity index (χ2n) is 4.14. The number of hydrogen-bond donors (Lipinski definition) is 1. The molecule has 0 spiro atoms. The van der Waals surface area contributed by atoms with Crippen LogP contribution in [-0.2, 0) is 6.54 Å². The van der Waals surface area contributed by atoms with Crippen molar-refractivity contribution in [3.63, 3.8) is 0 Å². The Hall–Kier alpha value is -1.88. The highest BCUT2D eigenvalue weighted by atomic mass is 79.9. The van der Waals surface area contributed by atoms with Crippen LogP contribution < -0.4 is 0 Å². The molecular formula is C14H13BrN2O2. The van der Waals surface area contributed by atoms with Crippen LogP contribution in [0.25, 0.3) is 0 Å². The van der Waals surface area contributed by atoms with E-state index < -0.39 is 0 Å². The molecular weight excluding hydrogens is 308 g/mol. The van der Waals surface area contributed by atoms with Crippen LogP contribution in [0.4, 0.5) is 0 Å².